The highest BCUT2D eigenvalue weighted by Crippen LogP contribution is 2.08. The van der Waals surface area contributed by atoms with Crippen molar-refractivity contribution in [3.8, 4) is 0 Å². The van der Waals surface area contributed by atoms with Gasteiger partial charge in [0, 0.05) is 12.6 Å². The van der Waals surface area contributed by atoms with Crippen LogP contribution in [0.3, 0.4) is 0 Å². The standard InChI is InChI=1S/C15H23FN2O2/c1-3-6-13(19)10-17-15(20)18-11(2)9-12-7-4-5-8-14(12)16/h4-5,7-8,11,13,19H,3,6,9-10H2,1-2H3,(H2,17,18,20). The average molecular weight is 282 g/mol. The Balaban J connectivity index is 2.33. The molecule has 5 heteroatoms. The van der Waals surface area contributed by atoms with E-state index in [9.17, 15) is 14.3 Å². The van der Waals surface area contributed by atoms with Crippen molar-refractivity contribution in [3.63, 3.8) is 0 Å². The summed E-state index contributed by atoms with van der Waals surface area (Å²) in [5.41, 5.74) is 0.575. The van der Waals surface area contributed by atoms with Crippen LogP contribution in [0.5, 0.6) is 0 Å². The minimum absolute atomic E-state index is 0.185. The third kappa shape index (κ3) is 6.02. The fourth-order valence-electron chi connectivity index (χ4n) is 1.97. The van der Waals surface area contributed by atoms with Crippen molar-refractivity contribution in [3.05, 3.63) is 35.6 Å². The molecule has 0 spiro atoms. The van der Waals surface area contributed by atoms with E-state index in [1.165, 1.54) is 6.07 Å². The van der Waals surface area contributed by atoms with Crippen molar-refractivity contribution in [1.82, 2.24) is 10.6 Å². The topological polar surface area (TPSA) is 61.4 Å². The van der Waals surface area contributed by atoms with Crippen LogP contribution in [0.15, 0.2) is 24.3 Å². The van der Waals surface area contributed by atoms with Crippen LogP contribution >= 0.6 is 0 Å². The summed E-state index contributed by atoms with van der Waals surface area (Å²) < 4.78 is 13.5. The first-order chi connectivity index (χ1) is 9.52. The molecule has 112 valence electrons. The zero-order valence-corrected chi connectivity index (χ0v) is 12.0. The fraction of sp³-hybridized carbons (Fsp3) is 0.533. The lowest BCUT2D eigenvalue weighted by atomic mass is 10.1. The van der Waals surface area contributed by atoms with E-state index in [-0.39, 0.29) is 24.4 Å². The second kappa shape index (κ2) is 8.53. The summed E-state index contributed by atoms with van der Waals surface area (Å²) in [6, 6.07) is 5.99. The number of urea groups is 1. The first-order valence-electron chi connectivity index (χ1n) is 6.98. The molecule has 0 saturated heterocycles. The highest BCUT2D eigenvalue weighted by Gasteiger charge is 2.11. The number of halogens is 1. The maximum atomic E-state index is 13.5. The molecule has 0 saturated carbocycles. The molecule has 2 unspecified atom stereocenters. The van der Waals surface area contributed by atoms with Gasteiger partial charge in [-0.2, -0.15) is 0 Å². The normalized spacial score (nSPS) is 13.6. The van der Waals surface area contributed by atoms with Crippen molar-refractivity contribution < 1.29 is 14.3 Å². The van der Waals surface area contributed by atoms with E-state index in [0.29, 0.717) is 18.4 Å². The van der Waals surface area contributed by atoms with Gasteiger partial charge in [0.15, 0.2) is 0 Å². The van der Waals surface area contributed by atoms with Gasteiger partial charge >= 0.3 is 6.03 Å². The van der Waals surface area contributed by atoms with Crippen LogP contribution in [-0.4, -0.2) is 29.8 Å². The van der Waals surface area contributed by atoms with Gasteiger partial charge < -0.3 is 15.7 Å². The fourth-order valence-corrected chi connectivity index (χ4v) is 1.97. The number of aliphatic hydroxyl groups excluding tert-OH is 1. The molecule has 2 amide bonds. The molecule has 0 fully saturated rings. The summed E-state index contributed by atoms with van der Waals surface area (Å²) in [5, 5.41) is 14.8. The van der Waals surface area contributed by atoms with Gasteiger partial charge in [-0.25, -0.2) is 9.18 Å². The molecule has 1 rings (SSSR count). The molecule has 0 aromatic heterocycles. The van der Waals surface area contributed by atoms with Gasteiger partial charge in [-0.15, -0.1) is 0 Å². The molecule has 0 radical (unpaired) electrons. The van der Waals surface area contributed by atoms with E-state index in [1.807, 2.05) is 13.8 Å². The summed E-state index contributed by atoms with van der Waals surface area (Å²) in [4.78, 5) is 11.6. The second-order valence-corrected chi connectivity index (χ2v) is 4.99. The zero-order chi connectivity index (χ0) is 15.0. The largest absolute Gasteiger partial charge is 0.391 e. The van der Waals surface area contributed by atoms with Crippen LogP contribution in [0.4, 0.5) is 9.18 Å². The molecular formula is C15H23FN2O2. The minimum atomic E-state index is -0.521. The quantitative estimate of drug-likeness (QED) is 0.718. The molecule has 0 aliphatic carbocycles. The number of hydrogen-bond acceptors (Lipinski definition) is 2. The summed E-state index contributed by atoms with van der Waals surface area (Å²) in [6.45, 7) is 4.01. The van der Waals surface area contributed by atoms with Gasteiger partial charge in [0.1, 0.15) is 5.82 Å². The first kappa shape index (κ1) is 16.4. The Kier molecular flexibility index (Phi) is 7.01. The maximum Gasteiger partial charge on any atom is 0.315 e. The van der Waals surface area contributed by atoms with Gasteiger partial charge in [0.25, 0.3) is 0 Å². The Morgan fingerprint density at radius 2 is 2.10 bits per heavy atom. The van der Waals surface area contributed by atoms with Crippen LogP contribution in [0.25, 0.3) is 0 Å². The predicted molar refractivity (Wildman–Crippen MR) is 77.0 cm³/mol. The molecule has 1 aromatic rings. The predicted octanol–water partition coefficient (Wildman–Crippen LogP) is 2.22. The van der Waals surface area contributed by atoms with E-state index in [0.717, 1.165) is 6.42 Å². The van der Waals surface area contributed by atoms with Crippen molar-refractivity contribution in [2.24, 2.45) is 0 Å². The summed E-state index contributed by atoms with van der Waals surface area (Å²) in [7, 11) is 0. The van der Waals surface area contributed by atoms with Crippen LogP contribution in [0, 0.1) is 5.82 Å². The molecule has 0 aliphatic rings. The number of amides is 2. The van der Waals surface area contributed by atoms with E-state index < -0.39 is 6.10 Å². The molecule has 4 nitrogen and oxygen atoms in total. The summed E-state index contributed by atoms with van der Waals surface area (Å²) >= 11 is 0. The minimum Gasteiger partial charge on any atom is -0.391 e. The highest BCUT2D eigenvalue weighted by molar-refractivity contribution is 5.74. The number of carbonyl (C=O) groups is 1. The number of benzene rings is 1. The Bertz CT molecular complexity index is 426. The van der Waals surface area contributed by atoms with Crippen LogP contribution < -0.4 is 10.6 Å². The van der Waals surface area contributed by atoms with Gasteiger partial charge in [-0.05, 0) is 31.4 Å². The molecule has 0 heterocycles. The van der Waals surface area contributed by atoms with E-state index in [2.05, 4.69) is 10.6 Å². The Labute approximate surface area is 119 Å². The molecule has 2 atom stereocenters. The van der Waals surface area contributed by atoms with Gasteiger partial charge in [0.05, 0.1) is 6.10 Å². The van der Waals surface area contributed by atoms with Crippen molar-refractivity contribution in [2.45, 2.75) is 45.3 Å². The number of hydrogen-bond donors (Lipinski definition) is 3. The third-order valence-corrected chi connectivity index (χ3v) is 2.98. The summed E-state index contributed by atoms with van der Waals surface area (Å²) in [5.74, 6) is -0.264. The lowest BCUT2D eigenvalue weighted by Crippen LogP contribution is -2.44. The number of nitrogens with one attached hydrogen (secondary N) is 2. The SMILES string of the molecule is CCCC(O)CNC(=O)NC(C)Cc1ccccc1F. The Morgan fingerprint density at radius 3 is 2.75 bits per heavy atom. The van der Waals surface area contributed by atoms with Crippen molar-refractivity contribution in [2.75, 3.05) is 6.54 Å². The monoisotopic (exact) mass is 282 g/mol. The first-order valence-corrected chi connectivity index (χ1v) is 6.98. The molecule has 0 bridgehead atoms. The average Bonchev–Trinajstić information content (AvgIpc) is 2.39. The van der Waals surface area contributed by atoms with Crippen molar-refractivity contribution >= 4 is 6.03 Å². The number of carbonyl (C=O) groups excluding carboxylic acids is 1. The lowest BCUT2D eigenvalue weighted by Gasteiger charge is -2.16. The maximum absolute atomic E-state index is 13.5. The number of aliphatic hydroxyl groups is 1. The van der Waals surface area contributed by atoms with E-state index in [1.54, 1.807) is 18.2 Å². The molecule has 20 heavy (non-hydrogen) atoms. The third-order valence-electron chi connectivity index (χ3n) is 2.98. The zero-order valence-electron chi connectivity index (χ0n) is 12.0. The molecule has 1 aromatic carbocycles. The van der Waals surface area contributed by atoms with E-state index >= 15 is 0 Å². The van der Waals surface area contributed by atoms with Gasteiger partial charge in [-0.3, -0.25) is 0 Å². The van der Waals surface area contributed by atoms with Gasteiger partial charge in [-0.1, -0.05) is 31.5 Å². The van der Waals surface area contributed by atoms with Crippen LogP contribution in [-0.2, 0) is 6.42 Å². The lowest BCUT2D eigenvalue weighted by molar-refractivity contribution is 0.160. The molecule has 0 aliphatic heterocycles. The Morgan fingerprint density at radius 1 is 1.40 bits per heavy atom. The highest BCUT2D eigenvalue weighted by atomic mass is 19.1. The molecule has 3 N–H and O–H groups in total. The smallest absolute Gasteiger partial charge is 0.315 e. The van der Waals surface area contributed by atoms with E-state index in [4.69, 9.17) is 0 Å². The number of rotatable bonds is 7. The van der Waals surface area contributed by atoms with Crippen LogP contribution in [0.1, 0.15) is 32.3 Å². The molecular weight excluding hydrogens is 259 g/mol. The summed E-state index contributed by atoms with van der Waals surface area (Å²) in [6.07, 6.45) is 1.43. The van der Waals surface area contributed by atoms with Gasteiger partial charge in [0.2, 0.25) is 0 Å². The Hall–Kier alpha value is -1.62. The van der Waals surface area contributed by atoms with Crippen LogP contribution in [0.2, 0.25) is 0 Å². The van der Waals surface area contributed by atoms with Crippen molar-refractivity contribution in [1.29, 1.82) is 0 Å². The second-order valence-electron chi connectivity index (χ2n) is 4.99.